The summed E-state index contributed by atoms with van der Waals surface area (Å²) in [5.41, 5.74) is 0. The zero-order valence-electron chi connectivity index (χ0n) is 9.16. The zero-order valence-corrected chi connectivity index (χ0v) is 9.92. The van der Waals surface area contributed by atoms with Crippen LogP contribution in [-0.2, 0) is 4.79 Å². The van der Waals surface area contributed by atoms with Gasteiger partial charge in [-0.05, 0) is 43.0 Å². The largest absolute Gasteiger partial charge is 0.440 e. The lowest BCUT2D eigenvalue weighted by Gasteiger charge is -2.13. The van der Waals surface area contributed by atoms with Gasteiger partial charge in [-0.25, -0.2) is 0 Å². The molecule has 1 saturated heterocycles. The lowest BCUT2D eigenvalue weighted by atomic mass is 10.1. The molecule has 0 bridgehead atoms. The average molecular weight is 257 g/mol. The molecule has 1 fully saturated rings. The minimum atomic E-state index is -0.492. The Labute approximate surface area is 104 Å². The van der Waals surface area contributed by atoms with E-state index in [0.717, 1.165) is 12.8 Å². The Kier molecular flexibility index (Phi) is 3.68. The fraction of sp³-hybridized carbons (Fsp3) is 0.455. The van der Waals surface area contributed by atoms with Crippen LogP contribution in [0.3, 0.4) is 0 Å². The van der Waals surface area contributed by atoms with Crippen molar-refractivity contribution in [1.82, 2.24) is 10.6 Å². The summed E-state index contributed by atoms with van der Waals surface area (Å²) in [5.74, 6) is -0.445. The van der Waals surface area contributed by atoms with Crippen LogP contribution in [0.4, 0.5) is 0 Å². The monoisotopic (exact) mass is 256 g/mol. The Bertz CT molecular complexity index is 430. The molecule has 1 aromatic heterocycles. The third kappa shape index (κ3) is 3.00. The minimum absolute atomic E-state index is 0.118. The number of rotatable bonds is 2. The predicted molar refractivity (Wildman–Crippen MR) is 61.8 cm³/mol. The summed E-state index contributed by atoms with van der Waals surface area (Å²) in [6.07, 6.45) is 2.49. The highest BCUT2D eigenvalue weighted by Gasteiger charge is 2.23. The number of furan rings is 1. The van der Waals surface area contributed by atoms with Crippen molar-refractivity contribution in [3.63, 3.8) is 0 Å². The van der Waals surface area contributed by atoms with E-state index in [9.17, 15) is 9.59 Å². The first-order valence-electron chi connectivity index (χ1n) is 5.51. The maximum atomic E-state index is 11.7. The molecule has 2 amide bonds. The van der Waals surface area contributed by atoms with E-state index in [0.29, 0.717) is 13.0 Å². The molecule has 0 unspecified atom stereocenters. The average Bonchev–Trinajstić information content (AvgIpc) is 2.63. The molecule has 1 atom stereocenters. The SMILES string of the molecule is O=C(N[C@@H]1CCCCNC1=O)c1ccc(Cl)o1. The number of nitrogens with one attached hydrogen (secondary N) is 2. The van der Waals surface area contributed by atoms with Gasteiger partial charge in [0.15, 0.2) is 11.0 Å². The molecule has 1 aliphatic rings. The molecule has 17 heavy (non-hydrogen) atoms. The molecule has 5 nitrogen and oxygen atoms in total. The topological polar surface area (TPSA) is 71.3 Å². The van der Waals surface area contributed by atoms with Crippen LogP contribution in [0, 0.1) is 0 Å². The molecule has 1 aliphatic heterocycles. The molecule has 0 aromatic carbocycles. The smallest absolute Gasteiger partial charge is 0.287 e. The van der Waals surface area contributed by atoms with E-state index in [4.69, 9.17) is 16.0 Å². The molecule has 2 N–H and O–H groups in total. The quantitative estimate of drug-likeness (QED) is 0.839. The van der Waals surface area contributed by atoms with E-state index in [1.54, 1.807) is 0 Å². The maximum absolute atomic E-state index is 11.7. The second-order valence-corrected chi connectivity index (χ2v) is 4.29. The minimum Gasteiger partial charge on any atom is -0.440 e. The fourth-order valence-corrected chi connectivity index (χ4v) is 1.89. The van der Waals surface area contributed by atoms with Crippen LogP contribution in [0.1, 0.15) is 29.8 Å². The van der Waals surface area contributed by atoms with E-state index in [1.165, 1.54) is 12.1 Å². The first kappa shape index (κ1) is 12.0. The molecule has 0 saturated carbocycles. The van der Waals surface area contributed by atoms with Crippen molar-refractivity contribution in [2.45, 2.75) is 25.3 Å². The third-order valence-corrected chi connectivity index (χ3v) is 2.84. The van der Waals surface area contributed by atoms with E-state index in [2.05, 4.69) is 10.6 Å². The standard InChI is InChI=1S/C11H13ClN2O3/c12-9-5-4-8(17-9)11(16)14-7-3-1-2-6-13-10(7)15/h4-5,7H,1-3,6H2,(H,13,15)(H,14,16)/t7-/m1/s1. The predicted octanol–water partition coefficient (Wildman–Crippen LogP) is 1.33. The van der Waals surface area contributed by atoms with Crippen molar-refractivity contribution >= 4 is 23.4 Å². The van der Waals surface area contributed by atoms with Crippen molar-refractivity contribution < 1.29 is 14.0 Å². The molecule has 2 rings (SSSR count). The zero-order chi connectivity index (χ0) is 12.3. The lowest BCUT2D eigenvalue weighted by molar-refractivity contribution is -0.122. The van der Waals surface area contributed by atoms with Crippen LogP contribution in [0.5, 0.6) is 0 Å². The van der Waals surface area contributed by atoms with Gasteiger partial charge in [-0.15, -0.1) is 0 Å². The lowest BCUT2D eigenvalue weighted by Crippen LogP contribution is -2.45. The fourth-order valence-electron chi connectivity index (χ4n) is 1.74. The number of carbonyl (C=O) groups is 2. The first-order chi connectivity index (χ1) is 8.16. The summed E-state index contributed by atoms with van der Waals surface area (Å²) in [5, 5.41) is 5.53. The molecule has 6 heteroatoms. The van der Waals surface area contributed by atoms with Crippen molar-refractivity contribution in [2.24, 2.45) is 0 Å². The second-order valence-electron chi connectivity index (χ2n) is 3.92. The number of hydrogen-bond donors (Lipinski definition) is 2. The summed E-state index contributed by atoms with van der Waals surface area (Å²) >= 11 is 5.58. The molecule has 0 spiro atoms. The van der Waals surface area contributed by atoms with Crippen molar-refractivity contribution in [2.75, 3.05) is 6.54 Å². The number of carbonyl (C=O) groups excluding carboxylic acids is 2. The molecule has 2 heterocycles. The van der Waals surface area contributed by atoms with Crippen LogP contribution in [0.25, 0.3) is 0 Å². The van der Waals surface area contributed by atoms with Crippen LogP contribution in [0.2, 0.25) is 5.22 Å². The van der Waals surface area contributed by atoms with Gasteiger partial charge in [-0.1, -0.05) is 0 Å². The van der Waals surface area contributed by atoms with E-state index in [-0.39, 0.29) is 16.9 Å². The van der Waals surface area contributed by atoms with Crippen LogP contribution < -0.4 is 10.6 Å². The van der Waals surface area contributed by atoms with Gasteiger partial charge >= 0.3 is 0 Å². The third-order valence-electron chi connectivity index (χ3n) is 2.64. The molecular formula is C11H13ClN2O3. The summed E-state index contributed by atoms with van der Waals surface area (Å²) in [6, 6.07) is 2.48. The molecule has 92 valence electrons. The highest BCUT2D eigenvalue weighted by atomic mass is 35.5. The van der Waals surface area contributed by atoms with Crippen LogP contribution >= 0.6 is 11.6 Å². The van der Waals surface area contributed by atoms with E-state index < -0.39 is 11.9 Å². The second kappa shape index (κ2) is 5.23. The van der Waals surface area contributed by atoms with Gasteiger partial charge in [0.2, 0.25) is 5.91 Å². The van der Waals surface area contributed by atoms with Gasteiger partial charge in [0.05, 0.1) is 0 Å². The Morgan fingerprint density at radius 3 is 3.00 bits per heavy atom. The molecule has 0 radical (unpaired) electrons. The summed E-state index contributed by atoms with van der Waals surface area (Å²) in [4.78, 5) is 23.3. The Hall–Kier alpha value is -1.49. The van der Waals surface area contributed by atoms with Gasteiger partial charge in [0.25, 0.3) is 5.91 Å². The highest BCUT2D eigenvalue weighted by molar-refractivity contribution is 6.29. The molecule has 1 aromatic rings. The number of halogens is 1. The van der Waals surface area contributed by atoms with Gasteiger partial charge in [-0.2, -0.15) is 0 Å². The number of amides is 2. The van der Waals surface area contributed by atoms with Crippen LogP contribution in [-0.4, -0.2) is 24.4 Å². The van der Waals surface area contributed by atoms with Gasteiger partial charge < -0.3 is 15.1 Å². The first-order valence-corrected chi connectivity index (χ1v) is 5.88. The summed E-state index contributed by atoms with van der Waals surface area (Å²) in [6.45, 7) is 0.664. The van der Waals surface area contributed by atoms with Gasteiger partial charge in [0, 0.05) is 6.54 Å². The summed E-state index contributed by atoms with van der Waals surface area (Å²) < 4.78 is 4.97. The Morgan fingerprint density at radius 2 is 2.29 bits per heavy atom. The van der Waals surface area contributed by atoms with Crippen molar-refractivity contribution in [1.29, 1.82) is 0 Å². The maximum Gasteiger partial charge on any atom is 0.287 e. The van der Waals surface area contributed by atoms with Crippen molar-refractivity contribution in [3.8, 4) is 0 Å². The Balaban J connectivity index is 1.99. The molecule has 0 aliphatic carbocycles. The number of hydrogen-bond acceptors (Lipinski definition) is 3. The highest BCUT2D eigenvalue weighted by Crippen LogP contribution is 2.13. The van der Waals surface area contributed by atoms with Crippen molar-refractivity contribution in [3.05, 3.63) is 23.1 Å². The van der Waals surface area contributed by atoms with Gasteiger partial charge in [0.1, 0.15) is 6.04 Å². The summed E-state index contributed by atoms with van der Waals surface area (Å²) in [7, 11) is 0. The van der Waals surface area contributed by atoms with Crippen LogP contribution in [0.15, 0.2) is 16.5 Å². The Morgan fingerprint density at radius 1 is 1.47 bits per heavy atom. The van der Waals surface area contributed by atoms with E-state index >= 15 is 0 Å². The molecular weight excluding hydrogens is 244 g/mol. The van der Waals surface area contributed by atoms with Gasteiger partial charge in [-0.3, -0.25) is 9.59 Å². The van der Waals surface area contributed by atoms with E-state index in [1.807, 2.05) is 0 Å². The normalized spacial score (nSPS) is 20.5.